The van der Waals surface area contributed by atoms with Crippen molar-refractivity contribution in [2.24, 2.45) is 0 Å². The largest absolute Gasteiger partial charge is 0.267 e. The monoisotopic (exact) mass is 272 g/mol. The van der Waals surface area contributed by atoms with Gasteiger partial charge in [0, 0.05) is 5.56 Å². The third kappa shape index (κ3) is 2.80. The van der Waals surface area contributed by atoms with Gasteiger partial charge >= 0.3 is 0 Å². The molecule has 0 amide bonds. The standard InChI is InChI=1S/C12H17FN2O2S/c1-12(2,3)9-6-7-10(14-11(9)13)15-18(16,17)8-4-5-8/h6-8H,4-5H2,1-3H3,(H,14,15). The summed E-state index contributed by atoms with van der Waals surface area (Å²) in [5.74, 6) is -0.578. The molecule has 1 aromatic rings. The Bertz CT molecular complexity index is 560. The predicted octanol–water partition coefficient (Wildman–Crippen LogP) is 2.42. The normalized spacial score (nSPS) is 16.7. The second-order valence-electron chi connectivity index (χ2n) is 5.63. The van der Waals surface area contributed by atoms with E-state index in [2.05, 4.69) is 9.71 Å². The van der Waals surface area contributed by atoms with Gasteiger partial charge in [-0.2, -0.15) is 4.39 Å². The number of aromatic nitrogens is 1. The van der Waals surface area contributed by atoms with Crippen LogP contribution in [0.2, 0.25) is 0 Å². The van der Waals surface area contributed by atoms with E-state index in [1.807, 2.05) is 20.8 Å². The fraction of sp³-hybridized carbons (Fsp3) is 0.583. The van der Waals surface area contributed by atoms with Gasteiger partial charge in [0.05, 0.1) is 5.25 Å². The number of pyridine rings is 1. The van der Waals surface area contributed by atoms with Gasteiger partial charge in [-0.05, 0) is 24.3 Å². The van der Waals surface area contributed by atoms with E-state index < -0.39 is 16.0 Å². The number of hydrogen-bond acceptors (Lipinski definition) is 3. The lowest BCUT2D eigenvalue weighted by Gasteiger charge is -2.19. The molecule has 0 spiro atoms. The minimum atomic E-state index is -3.38. The first-order chi connectivity index (χ1) is 8.20. The van der Waals surface area contributed by atoms with Crippen molar-refractivity contribution in [3.8, 4) is 0 Å². The van der Waals surface area contributed by atoms with E-state index in [4.69, 9.17) is 0 Å². The highest BCUT2D eigenvalue weighted by Crippen LogP contribution is 2.30. The molecule has 1 aliphatic rings. The van der Waals surface area contributed by atoms with Crippen LogP contribution in [0.5, 0.6) is 0 Å². The summed E-state index contributed by atoms with van der Waals surface area (Å²) in [6.45, 7) is 5.63. The molecule has 1 heterocycles. The number of rotatable bonds is 3. The molecule has 0 unspecified atom stereocenters. The van der Waals surface area contributed by atoms with Crippen molar-refractivity contribution < 1.29 is 12.8 Å². The van der Waals surface area contributed by atoms with Crippen molar-refractivity contribution in [2.75, 3.05) is 4.72 Å². The highest BCUT2D eigenvalue weighted by molar-refractivity contribution is 7.93. The number of nitrogens with one attached hydrogen (secondary N) is 1. The summed E-state index contributed by atoms with van der Waals surface area (Å²) in [5.41, 5.74) is 0.113. The van der Waals surface area contributed by atoms with Crippen LogP contribution in [0.4, 0.5) is 10.2 Å². The van der Waals surface area contributed by atoms with Gasteiger partial charge in [0.2, 0.25) is 16.0 Å². The van der Waals surface area contributed by atoms with Crippen LogP contribution in [0.15, 0.2) is 12.1 Å². The molecule has 1 fully saturated rings. The van der Waals surface area contributed by atoms with Crippen LogP contribution in [-0.2, 0) is 15.4 Å². The summed E-state index contributed by atoms with van der Waals surface area (Å²) in [6.07, 6.45) is 1.33. The maximum Gasteiger partial charge on any atom is 0.236 e. The van der Waals surface area contributed by atoms with E-state index in [1.54, 1.807) is 6.07 Å². The summed E-state index contributed by atoms with van der Waals surface area (Å²) < 4.78 is 39.5. The average molecular weight is 272 g/mol. The molecule has 0 aromatic carbocycles. The lowest BCUT2D eigenvalue weighted by molar-refractivity contribution is 0.500. The molecule has 18 heavy (non-hydrogen) atoms. The smallest absolute Gasteiger partial charge is 0.236 e. The summed E-state index contributed by atoms with van der Waals surface area (Å²) in [5, 5.41) is -0.343. The number of sulfonamides is 1. The topological polar surface area (TPSA) is 59.1 Å². The zero-order chi connectivity index (χ0) is 13.6. The fourth-order valence-corrected chi connectivity index (χ4v) is 2.99. The third-order valence-electron chi connectivity index (χ3n) is 2.87. The van der Waals surface area contributed by atoms with Gasteiger partial charge in [0.1, 0.15) is 5.82 Å². The third-order valence-corrected chi connectivity index (χ3v) is 4.71. The molecular formula is C12H17FN2O2S. The lowest BCUT2D eigenvalue weighted by atomic mass is 9.88. The van der Waals surface area contributed by atoms with Crippen molar-refractivity contribution in [1.29, 1.82) is 0 Å². The van der Waals surface area contributed by atoms with E-state index in [9.17, 15) is 12.8 Å². The first-order valence-electron chi connectivity index (χ1n) is 5.89. The molecule has 0 radical (unpaired) electrons. The first-order valence-corrected chi connectivity index (χ1v) is 7.43. The Morgan fingerprint density at radius 2 is 1.94 bits per heavy atom. The van der Waals surface area contributed by atoms with Crippen LogP contribution in [0.1, 0.15) is 39.2 Å². The summed E-state index contributed by atoms with van der Waals surface area (Å²) in [4.78, 5) is 3.68. The Balaban J connectivity index is 2.24. The molecule has 4 nitrogen and oxygen atoms in total. The molecule has 2 rings (SSSR count). The minimum absolute atomic E-state index is 0.0485. The van der Waals surface area contributed by atoms with Gasteiger partial charge in [0.25, 0.3) is 0 Å². The van der Waals surface area contributed by atoms with Crippen LogP contribution in [0.3, 0.4) is 0 Å². The molecule has 1 aromatic heterocycles. The highest BCUT2D eigenvalue weighted by Gasteiger charge is 2.36. The zero-order valence-electron chi connectivity index (χ0n) is 10.7. The van der Waals surface area contributed by atoms with Gasteiger partial charge in [0.15, 0.2) is 0 Å². The fourth-order valence-electron chi connectivity index (χ4n) is 1.66. The maximum atomic E-state index is 13.8. The Labute approximate surface area is 107 Å². The Kier molecular flexibility index (Phi) is 3.09. The number of halogens is 1. The van der Waals surface area contributed by atoms with Crippen molar-refractivity contribution in [2.45, 2.75) is 44.3 Å². The Morgan fingerprint density at radius 3 is 2.39 bits per heavy atom. The SMILES string of the molecule is CC(C)(C)c1ccc(NS(=O)(=O)C2CC2)nc1F. The molecular weight excluding hydrogens is 255 g/mol. The summed E-state index contributed by atoms with van der Waals surface area (Å²) in [7, 11) is -3.38. The van der Waals surface area contributed by atoms with Gasteiger partial charge < -0.3 is 0 Å². The molecule has 0 saturated heterocycles. The molecule has 1 aliphatic carbocycles. The molecule has 100 valence electrons. The van der Waals surface area contributed by atoms with Crippen LogP contribution < -0.4 is 4.72 Å². The molecule has 1 N–H and O–H groups in total. The predicted molar refractivity (Wildman–Crippen MR) is 68.5 cm³/mol. The van der Waals surface area contributed by atoms with E-state index >= 15 is 0 Å². The van der Waals surface area contributed by atoms with E-state index in [-0.39, 0.29) is 16.5 Å². The molecule has 0 bridgehead atoms. The maximum absolute atomic E-state index is 13.8. The number of anilines is 1. The summed E-state index contributed by atoms with van der Waals surface area (Å²) in [6, 6.07) is 3.08. The minimum Gasteiger partial charge on any atom is -0.267 e. The first kappa shape index (κ1) is 13.3. The molecule has 1 saturated carbocycles. The Hall–Kier alpha value is -1.17. The Morgan fingerprint density at radius 1 is 1.33 bits per heavy atom. The number of nitrogens with zero attached hydrogens (tertiary/aromatic N) is 1. The van der Waals surface area contributed by atoms with Crippen molar-refractivity contribution in [1.82, 2.24) is 4.98 Å². The van der Waals surface area contributed by atoms with E-state index in [1.165, 1.54) is 6.07 Å². The zero-order valence-corrected chi connectivity index (χ0v) is 11.5. The second-order valence-corrected chi connectivity index (χ2v) is 7.59. The van der Waals surface area contributed by atoms with Crippen molar-refractivity contribution in [3.63, 3.8) is 0 Å². The van der Waals surface area contributed by atoms with Crippen LogP contribution in [-0.4, -0.2) is 18.7 Å². The van der Waals surface area contributed by atoms with E-state index in [0.717, 1.165) is 0 Å². The van der Waals surface area contributed by atoms with Gasteiger partial charge in [-0.15, -0.1) is 0 Å². The van der Waals surface area contributed by atoms with Gasteiger partial charge in [-0.3, -0.25) is 4.72 Å². The quantitative estimate of drug-likeness (QED) is 0.860. The molecule has 0 atom stereocenters. The van der Waals surface area contributed by atoms with E-state index in [0.29, 0.717) is 18.4 Å². The second kappa shape index (κ2) is 4.19. The lowest BCUT2D eigenvalue weighted by Crippen LogP contribution is -2.20. The van der Waals surface area contributed by atoms with Crippen molar-refractivity contribution in [3.05, 3.63) is 23.6 Å². The number of hydrogen-bond donors (Lipinski definition) is 1. The van der Waals surface area contributed by atoms with Gasteiger partial charge in [-0.1, -0.05) is 26.8 Å². The molecule has 6 heteroatoms. The average Bonchev–Trinajstić information content (AvgIpc) is 2.97. The van der Waals surface area contributed by atoms with Crippen LogP contribution in [0, 0.1) is 5.95 Å². The summed E-state index contributed by atoms with van der Waals surface area (Å²) >= 11 is 0. The van der Waals surface area contributed by atoms with Gasteiger partial charge in [-0.25, -0.2) is 13.4 Å². The van der Waals surface area contributed by atoms with Crippen molar-refractivity contribution >= 4 is 15.8 Å². The molecule has 0 aliphatic heterocycles. The van der Waals surface area contributed by atoms with Crippen LogP contribution in [0.25, 0.3) is 0 Å². The highest BCUT2D eigenvalue weighted by atomic mass is 32.2. The van der Waals surface area contributed by atoms with Crippen LogP contribution >= 0.6 is 0 Å².